The molecule has 0 heterocycles. The van der Waals surface area contributed by atoms with E-state index in [0.717, 1.165) is 64.9 Å². The number of nitriles is 1. The van der Waals surface area contributed by atoms with E-state index in [1.165, 1.54) is 0 Å². The molecule has 0 aromatic heterocycles. The van der Waals surface area contributed by atoms with Crippen LogP contribution in [0.15, 0.2) is 55.3 Å². The van der Waals surface area contributed by atoms with Crippen LogP contribution in [0.4, 0.5) is 0 Å². The number of amides is 1. The summed E-state index contributed by atoms with van der Waals surface area (Å²) in [5.41, 5.74) is 12.9. The molecule has 7 N–H and O–H groups in total. The summed E-state index contributed by atoms with van der Waals surface area (Å²) in [6.45, 7) is 13.6. The second kappa shape index (κ2) is 14.0. The van der Waals surface area contributed by atoms with Gasteiger partial charge in [-0.1, -0.05) is 51.6 Å². The van der Waals surface area contributed by atoms with Gasteiger partial charge in [-0.2, -0.15) is 5.26 Å². The first-order valence-electron chi connectivity index (χ1n) is 14.4. The first-order chi connectivity index (χ1) is 19.6. The van der Waals surface area contributed by atoms with Crippen molar-refractivity contribution in [3.05, 3.63) is 88.6 Å². The van der Waals surface area contributed by atoms with Crippen LogP contribution >= 0.6 is 0 Å². The lowest BCUT2D eigenvalue weighted by atomic mass is 9.69. The van der Waals surface area contributed by atoms with Crippen LogP contribution in [0.5, 0.6) is 0 Å². The Morgan fingerprint density at radius 3 is 2.24 bits per heavy atom. The lowest BCUT2D eigenvalue weighted by Gasteiger charge is -2.36. The molecule has 2 aromatic rings. The highest BCUT2D eigenvalue weighted by Crippen LogP contribution is 2.43. The smallest absolute Gasteiger partial charge is 0.251 e. The van der Waals surface area contributed by atoms with E-state index in [1.54, 1.807) is 7.05 Å². The number of carbonyl (C=O) groups is 1. The van der Waals surface area contributed by atoms with Gasteiger partial charge < -0.3 is 27.0 Å². The number of hydrogen-bond acceptors (Lipinski definition) is 6. The largest absolute Gasteiger partial charge is 0.388 e. The molecule has 0 spiro atoms. The average Bonchev–Trinajstić information content (AvgIpc) is 3.12. The maximum atomic E-state index is 12.5. The van der Waals surface area contributed by atoms with E-state index in [4.69, 9.17) is 11.1 Å². The number of hydrogen-bond donors (Lipinski definition) is 6. The van der Waals surface area contributed by atoms with Gasteiger partial charge in [0.25, 0.3) is 5.91 Å². The quantitative estimate of drug-likeness (QED) is 0.118. The molecular formula is C33H45N7O. The van der Waals surface area contributed by atoms with Crippen molar-refractivity contribution in [1.29, 1.82) is 10.7 Å². The molecule has 2 unspecified atom stereocenters. The molecule has 8 nitrogen and oxygen atoms in total. The third-order valence-corrected chi connectivity index (χ3v) is 8.28. The van der Waals surface area contributed by atoms with E-state index in [1.807, 2.05) is 31.3 Å². The number of nitrogens with zero attached hydrogens (tertiary/aromatic N) is 1. The van der Waals surface area contributed by atoms with Gasteiger partial charge in [0, 0.05) is 37.6 Å². The Kier molecular flexibility index (Phi) is 10.7. The molecule has 3 atom stereocenters. The van der Waals surface area contributed by atoms with Crippen LogP contribution in [0.3, 0.4) is 0 Å². The van der Waals surface area contributed by atoms with E-state index >= 15 is 0 Å². The molecule has 0 aliphatic heterocycles. The van der Waals surface area contributed by atoms with Gasteiger partial charge >= 0.3 is 0 Å². The maximum Gasteiger partial charge on any atom is 0.251 e. The summed E-state index contributed by atoms with van der Waals surface area (Å²) >= 11 is 0. The molecule has 0 radical (unpaired) electrons. The molecular weight excluding hydrogens is 510 g/mol. The Morgan fingerprint density at radius 2 is 1.71 bits per heavy atom. The minimum absolute atomic E-state index is 0.0617. The molecule has 1 aliphatic rings. The van der Waals surface area contributed by atoms with Gasteiger partial charge in [0.15, 0.2) is 0 Å². The van der Waals surface area contributed by atoms with Crippen LogP contribution in [0, 0.1) is 22.7 Å². The Bertz CT molecular complexity index is 1270. The van der Waals surface area contributed by atoms with Crippen molar-refractivity contribution < 1.29 is 4.79 Å². The van der Waals surface area contributed by atoms with Crippen molar-refractivity contribution >= 4 is 17.4 Å². The van der Waals surface area contributed by atoms with Crippen molar-refractivity contribution in [3.8, 4) is 6.07 Å². The Labute approximate surface area is 245 Å². The van der Waals surface area contributed by atoms with Crippen LogP contribution in [0.25, 0.3) is 5.70 Å². The van der Waals surface area contributed by atoms with Gasteiger partial charge in [0.05, 0.1) is 11.5 Å². The van der Waals surface area contributed by atoms with E-state index in [2.05, 4.69) is 66.5 Å². The van der Waals surface area contributed by atoms with Gasteiger partial charge in [-0.05, 0) is 84.2 Å². The first kappa shape index (κ1) is 31.4. The lowest BCUT2D eigenvalue weighted by Crippen LogP contribution is -2.45. The van der Waals surface area contributed by atoms with Crippen LogP contribution < -0.4 is 27.0 Å². The molecule has 3 rings (SSSR count). The summed E-state index contributed by atoms with van der Waals surface area (Å²) in [4.78, 5) is 12.5. The highest BCUT2D eigenvalue weighted by molar-refractivity contribution is 5.97. The predicted molar refractivity (Wildman–Crippen MR) is 168 cm³/mol. The van der Waals surface area contributed by atoms with Crippen molar-refractivity contribution in [2.75, 3.05) is 27.2 Å². The zero-order chi connectivity index (χ0) is 30.2. The molecule has 218 valence electrons. The molecule has 0 fully saturated rings. The summed E-state index contributed by atoms with van der Waals surface area (Å²) in [6, 6.07) is 14.0. The van der Waals surface area contributed by atoms with Gasteiger partial charge in [0.2, 0.25) is 0 Å². The minimum atomic E-state index is -0.880. The molecule has 1 aliphatic carbocycles. The summed E-state index contributed by atoms with van der Waals surface area (Å²) in [7, 11) is 3.47. The average molecular weight is 556 g/mol. The molecule has 0 saturated carbocycles. The van der Waals surface area contributed by atoms with Crippen molar-refractivity contribution in [1.82, 2.24) is 21.3 Å². The zero-order valence-corrected chi connectivity index (χ0v) is 24.9. The van der Waals surface area contributed by atoms with Crippen molar-refractivity contribution in [2.45, 2.75) is 57.4 Å². The highest BCUT2D eigenvalue weighted by atomic mass is 16.1. The van der Waals surface area contributed by atoms with Crippen LogP contribution in [0.2, 0.25) is 0 Å². The zero-order valence-electron chi connectivity index (χ0n) is 24.9. The third kappa shape index (κ3) is 6.98. The SMILES string of the molecule is C=C(CNCCC1(C(=N)N)c2ccc(C(=C)NC)cc2CCc2cc(C(=O)NC)ccc21)NC(C#N)C[C@@H](C)CC. The summed E-state index contributed by atoms with van der Waals surface area (Å²) in [5, 5.41) is 31.0. The van der Waals surface area contributed by atoms with E-state index in [-0.39, 0.29) is 17.8 Å². The fourth-order valence-corrected chi connectivity index (χ4v) is 5.69. The summed E-state index contributed by atoms with van der Waals surface area (Å²) in [5.74, 6) is 0.368. The standard InChI is InChI=1S/C33H45N7O/c1-7-21(2)16-28(19-34)40-22(3)20-39-15-14-33(32(35)36)29-12-10-24(23(4)37-5)17-25(29)8-9-26-18-27(31(41)38-6)11-13-30(26)33/h10-13,17-18,21,28,37,39-40H,3-4,7-9,14-16,20H2,1-2,5-6H3,(H3,35,36)(H,38,41)/t21-,28?,33?/m0/s1. The normalized spacial score (nSPS) is 17.0. The number of amidine groups is 1. The van der Waals surface area contributed by atoms with Crippen LogP contribution in [-0.2, 0) is 18.3 Å². The molecule has 0 saturated heterocycles. The van der Waals surface area contributed by atoms with E-state index < -0.39 is 5.41 Å². The molecule has 0 bridgehead atoms. The summed E-state index contributed by atoms with van der Waals surface area (Å²) in [6.07, 6.45) is 3.80. The number of nitrogens with two attached hydrogens (primary N) is 1. The first-order valence-corrected chi connectivity index (χ1v) is 14.4. The highest BCUT2D eigenvalue weighted by Gasteiger charge is 2.42. The second-order valence-corrected chi connectivity index (χ2v) is 11.0. The molecule has 41 heavy (non-hydrogen) atoms. The van der Waals surface area contributed by atoms with Gasteiger partial charge in [-0.3, -0.25) is 10.2 Å². The van der Waals surface area contributed by atoms with E-state index in [0.29, 0.717) is 31.0 Å². The van der Waals surface area contributed by atoms with Crippen LogP contribution in [0.1, 0.15) is 71.3 Å². The second-order valence-electron chi connectivity index (χ2n) is 11.0. The molecule has 8 heteroatoms. The van der Waals surface area contributed by atoms with Gasteiger partial charge in [-0.25, -0.2) is 0 Å². The topological polar surface area (TPSA) is 139 Å². The number of aryl methyl sites for hydroxylation is 2. The van der Waals surface area contributed by atoms with Gasteiger partial charge in [0.1, 0.15) is 11.9 Å². The molecule has 2 aromatic carbocycles. The third-order valence-electron chi connectivity index (χ3n) is 8.28. The van der Waals surface area contributed by atoms with E-state index in [9.17, 15) is 10.1 Å². The van der Waals surface area contributed by atoms with Crippen LogP contribution in [-0.4, -0.2) is 45.0 Å². The summed E-state index contributed by atoms with van der Waals surface area (Å²) < 4.78 is 0. The Hall–Kier alpha value is -4.09. The molecule has 1 amide bonds. The Morgan fingerprint density at radius 1 is 1.10 bits per heavy atom. The Balaban J connectivity index is 1.94. The van der Waals surface area contributed by atoms with Gasteiger partial charge in [-0.15, -0.1) is 0 Å². The number of rotatable bonds is 14. The minimum Gasteiger partial charge on any atom is -0.388 e. The maximum absolute atomic E-state index is 12.5. The fraction of sp³-hybridized carbons (Fsp3) is 0.424. The lowest BCUT2D eigenvalue weighted by molar-refractivity contribution is 0.0963. The van der Waals surface area contributed by atoms with Crippen molar-refractivity contribution in [3.63, 3.8) is 0 Å². The number of nitrogens with one attached hydrogen (secondary N) is 5. The fourth-order valence-electron chi connectivity index (χ4n) is 5.69. The number of carbonyl (C=O) groups excluding carboxylic acids is 1. The number of benzene rings is 2. The van der Waals surface area contributed by atoms with Crippen molar-refractivity contribution in [2.24, 2.45) is 11.7 Å². The number of fused-ring (bicyclic) bond motifs is 2. The monoisotopic (exact) mass is 555 g/mol. The predicted octanol–water partition coefficient (Wildman–Crippen LogP) is 3.97.